The number of nitrogens with one attached hydrogen (secondary N) is 1. The van der Waals surface area contributed by atoms with Crippen LogP contribution < -0.4 is 5.32 Å². The lowest BCUT2D eigenvalue weighted by molar-refractivity contribution is -0.141. The largest absolute Gasteiger partial charge is 0.354 e. The van der Waals surface area contributed by atoms with Crippen molar-refractivity contribution in [2.45, 2.75) is 71.9 Å². The van der Waals surface area contributed by atoms with Crippen molar-refractivity contribution in [3.05, 3.63) is 107 Å². The summed E-state index contributed by atoms with van der Waals surface area (Å²) in [5.41, 5.74) is 5.67. The van der Waals surface area contributed by atoms with Gasteiger partial charge in [-0.25, -0.2) is 0 Å². The third-order valence-electron chi connectivity index (χ3n) is 6.57. The smallest absolute Gasteiger partial charge is 0.243 e. The van der Waals surface area contributed by atoms with Crippen molar-refractivity contribution in [3.63, 3.8) is 0 Å². The number of benzene rings is 3. The molecule has 0 spiro atoms. The Balaban J connectivity index is 1.85. The zero-order valence-corrected chi connectivity index (χ0v) is 22.2. The van der Waals surface area contributed by atoms with E-state index in [4.69, 9.17) is 0 Å². The lowest BCUT2D eigenvalue weighted by atomic mass is 9.99. The van der Waals surface area contributed by atoms with Crippen LogP contribution in [0.2, 0.25) is 0 Å². The molecule has 3 rings (SSSR count). The van der Waals surface area contributed by atoms with E-state index in [1.165, 1.54) is 11.1 Å². The quantitative estimate of drug-likeness (QED) is 0.332. The van der Waals surface area contributed by atoms with Gasteiger partial charge in [-0.3, -0.25) is 9.59 Å². The normalized spacial score (nSPS) is 11.8. The molecule has 0 bridgehead atoms. The first-order valence-corrected chi connectivity index (χ1v) is 13.1. The van der Waals surface area contributed by atoms with E-state index >= 15 is 0 Å². The van der Waals surface area contributed by atoms with Crippen LogP contribution in [0.25, 0.3) is 0 Å². The van der Waals surface area contributed by atoms with Crippen LogP contribution in [0.5, 0.6) is 0 Å². The Morgan fingerprint density at radius 1 is 0.833 bits per heavy atom. The van der Waals surface area contributed by atoms with Crippen LogP contribution >= 0.6 is 0 Å². The molecule has 0 aliphatic rings. The van der Waals surface area contributed by atoms with Crippen LogP contribution in [-0.2, 0) is 29.0 Å². The number of carbonyl (C=O) groups is 2. The van der Waals surface area contributed by atoms with Crippen molar-refractivity contribution in [1.29, 1.82) is 0 Å². The van der Waals surface area contributed by atoms with E-state index < -0.39 is 6.04 Å². The van der Waals surface area contributed by atoms with Crippen molar-refractivity contribution < 1.29 is 9.59 Å². The Morgan fingerprint density at radius 3 is 2.08 bits per heavy atom. The minimum atomic E-state index is -0.573. The Labute approximate surface area is 216 Å². The lowest BCUT2D eigenvalue weighted by Crippen LogP contribution is -2.50. The third-order valence-corrected chi connectivity index (χ3v) is 6.57. The molecule has 1 atom stereocenters. The summed E-state index contributed by atoms with van der Waals surface area (Å²) in [4.78, 5) is 28.9. The average molecular weight is 485 g/mol. The predicted molar refractivity (Wildman–Crippen MR) is 148 cm³/mol. The fourth-order valence-electron chi connectivity index (χ4n) is 4.27. The average Bonchev–Trinajstić information content (AvgIpc) is 2.89. The second-order valence-electron chi connectivity index (χ2n) is 9.90. The monoisotopic (exact) mass is 484 g/mol. The number of aryl methyl sites for hydroxylation is 2. The van der Waals surface area contributed by atoms with Crippen LogP contribution in [-0.4, -0.2) is 29.3 Å². The molecule has 0 heterocycles. The molecule has 0 saturated heterocycles. The fraction of sp³-hybridized carbons (Fsp3) is 0.375. The maximum absolute atomic E-state index is 13.7. The maximum atomic E-state index is 13.7. The summed E-state index contributed by atoms with van der Waals surface area (Å²) < 4.78 is 0. The molecular formula is C32H40N2O2. The molecule has 3 aromatic rings. The van der Waals surface area contributed by atoms with Gasteiger partial charge in [0.15, 0.2) is 0 Å². The molecule has 0 fully saturated rings. The van der Waals surface area contributed by atoms with E-state index in [0.29, 0.717) is 38.3 Å². The van der Waals surface area contributed by atoms with Crippen molar-refractivity contribution >= 4 is 11.8 Å². The predicted octanol–water partition coefficient (Wildman–Crippen LogP) is 6.22. The summed E-state index contributed by atoms with van der Waals surface area (Å²) in [5, 5.41) is 3.04. The summed E-state index contributed by atoms with van der Waals surface area (Å²) in [6.07, 6.45) is 2.34. The molecule has 0 unspecified atom stereocenters. The van der Waals surface area contributed by atoms with E-state index in [0.717, 1.165) is 23.1 Å². The van der Waals surface area contributed by atoms with Gasteiger partial charge in [0.2, 0.25) is 11.8 Å². The molecule has 0 aromatic heterocycles. The molecule has 4 heteroatoms. The van der Waals surface area contributed by atoms with E-state index in [-0.39, 0.29) is 11.8 Å². The van der Waals surface area contributed by atoms with Crippen molar-refractivity contribution in [2.24, 2.45) is 0 Å². The Kier molecular flexibility index (Phi) is 10.3. The summed E-state index contributed by atoms with van der Waals surface area (Å²) in [6, 6.07) is 26.1. The number of hydrogen-bond acceptors (Lipinski definition) is 2. The highest BCUT2D eigenvalue weighted by Crippen LogP contribution is 2.19. The molecule has 0 aliphatic carbocycles. The van der Waals surface area contributed by atoms with E-state index in [1.807, 2.05) is 56.3 Å². The van der Waals surface area contributed by atoms with Gasteiger partial charge in [0, 0.05) is 25.9 Å². The SMILES string of the molecule is CCCNC(=O)[C@H](Cc1ccccc1)N(Cc1ccc(C)cc1)C(=O)CCc1ccc(C(C)C)cc1. The molecule has 3 aromatic carbocycles. The number of carbonyl (C=O) groups excluding carboxylic acids is 2. The van der Waals surface area contributed by atoms with Gasteiger partial charge in [0.1, 0.15) is 6.04 Å². The standard InChI is InChI=1S/C32H40N2O2/c1-5-21-33-32(36)30(22-27-9-7-6-8-10-27)34(23-28-13-11-25(4)12-14-28)31(35)20-17-26-15-18-29(19-16-26)24(2)3/h6-16,18-19,24,30H,5,17,20-23H2,1-4H3,(H,33,36)/t30-/m0/s1. The Morgan fingerprint density at radius 2 is 1.47 bits per heavy atom. The summed E-state index contributed by atoms with van der Waals surface area (Å²) >= 11 is 0. The molecular weight excluding hydrogens is 444 g/mol. The van der Waals surface area contributed by atoms with Crippen molar-refractivity contribution in [3.8, 4) is 0 Å². The number of nitrogens with zero attached hydrogens (tertiary/aromatic N) is 1. The zero-order chi connectivity index (χ0) is 25.9. The van der Waals surface area contributed by atoms with Gasteiger partial charge in [-0.2, -0.15) is 0 Å². The number of amides is 2. The molecule has 190 valence electrons. The molecule has 36 heavy (non-hydrogen) atoms. The van der Waals surface area contributed by atoms with Crippen molar-refractivity contribution in [1.82, 2.24) is 10.2 Å². The molecule has 0 radical (unpaired) electrons. The molecule has 0 aliphatic heterocycles. The molecule has 2 amide bonds. The molecule has 4 nitrogen and oxygen atoms in total. The van der Waals surface area contributed by atoms with E-state index in [9.17, 15) is 9.59 Å². The second-order valence-corrected chi connectivity index (χ2v) is 9.90. The Bertz CT molecular complexity index is 1090. The zero-order valence-electron chi connectivity index (χ0n) is 22.2. The van der Waals surface area contributed by atoms with Gasteiger partial charge < -0.3 is 10.2 Å². The van der Waals surface area contributed by atoms with Crippen molar-refractivity contribution in [2.75, 3.05) is 6.54 Å². The lowest BCUT2D eigenvalue weighted by Gasteiger charge is -2.31. The van der Waals surface area contributed by atoms with Crippen LogP contribution in [0.1, 0.15) is 67.3 Å². The van der Waals surface area contributed by atoms with Gasteiger partial charge in [0.05, 0.1) is 0 Å². The van der Waals surface area contributed by atoms with Crippen LogP contribution in [0.4, 0.5) is 0 Å². The first kappa shape index (κ1) is 27.2. The van der Waals surface area contributed by atoms with Crippen LogP contribution in [0, 0.1) is 6.92 Å². The van der Waals surface area contributed by atoms with Gasteiger partial charge in [-0.1, -0.05) is 105 Å². The highest BCUT2D eigenvalue weighted by molar-refractivity contribution is 5.88. The fourth-order valence-corrected chi connectivity index (χ4v) is 4.27. The van der Waals surface area contributed by atoms with Gasteiger partial charge in [-0.05, 0) is 47.9 Å². The minimum Gasteiger partial charge on any atom is -0.354 e. The molecule has 0 saturated carbocycles. The van der Waals surface area contributed by atoms with Gasteiger partial charge in [-0.15, -0.1) is 0 Å². The minimum absolute atomic E-state index is 0.00362. The highest BCUT2D eigenvalue weighted by atomic mass is 16.2. The third kappa shape index (κ3) is 8.08. The highest BCUT2D eigenvalue weighted by Gasteiger charge is 2.30. The van der Waals surface area contributed by atoms with Crippen LogP contribution in [0.3, 0.4) is 0 Å². The number of hydrogen-bond donors (Lipinski definition) is 1. The topological polar surface area (TPSA) is 49.4 Å². The maximum Gasteiger partial charge on any atom is 0.243 e. The molecule has 1 N–H and O–H groups in total. The second kappa shape index (κ2) is 13.6. The number of rotatable bonds is 12. The summed E-state index contributed by atoms with van der Waals surface area (Å²) in [5.74, 6) is 0.379. The van der Waals surface area contributed by atoms with E-state index in [2.05, 4.69) is 55.6 Å². The summed E-state index contributed by atoms with van der Waals surface area (Å²) in [7, 11) is 0. The first-order valence-electron chi connectivity index (χ1n) is 13.1. The first-order chi connectivity index (χ1) is 17.4. The Hall–Kier alpha value is -3.40. The van der Waals surface area contributed by atoms with Gasteiger partial charge in [0.25, 0.3) is 0 Å². The van der Waals surface area contributed by atoms with Gasteiger partial charge >= 0.3 is 0 Å². The summed E-state index contributed by atoms with van der Waals surface area (Å²) in [6.45, 7) is 9.44. The van der Waals surface area contributed by atoms with E-state index in [1.54, 1.807) is 4.90 Å². The van der Waals surface area contributed by atoms with Crippen LogP contribution in [0.15, 0.2) is 78.9 Å².